The molecule has 0 bridgehead atoms. The van der Waals surface area contributed by atoms with Gasteiger partial charge in [-0.05, 0) is 25.5 Å². The van der Waals surface area contributed by atoms with Crippen LogP contribution in [0, 0.1) is 13.8 Å². The molecule has 16 heavy (non-hydrogen) atoms. The van der Waals surface area contributed by atoms with Crippen LogP contribution < -0.4 is 10.5 Å². The molecule has 2 rings (SSSR count). The van der Waals surface area contributed by atoms with Crippen LogP contribution in [0.3, 0.4) is 0 Å². The molecule has 0 fully saturated rings. The van der Waals surface area contributed by atoms with E-state index in [9.17, 15) is 0 Å². The fourth-order valence-electron chi connectivity index (χ4n) is 1.55. The number of hydrogen-bond acceptors (Lipinski definition) is 3. The van der Waals surface area contributed by atoms with E-state index in [2.05, 4.69) is 18.1 Å². The van der Waals surface area contributed by atoms with Gasteiger partial charge >= 0.3 is 0 Å². The number of aromatic nitrogens is 2. The Kier molecular flexibility index (Phi) is 2.81. The van der Waals surface area contributed by atoms with E-state index in [0.29, 0.717) is 12.4 Å². The number of benzene rings is 1. The van der Waals surface area contributed by atoms with Crippen LogP contribution in [0.2, 0.25) is 0 Å². The maximum Gasteiger partial charge on any atom is 0.180 e. The summed E-state index contributed by atoms with van der Waals surface area (Å²) < 4.78 is 7.30. The van der Waals surface area contributed by atoms with Crippen molar-refractivity contribution < 1.29 is 4.74 Å². The highest BCUT2D eigenvalue weighted by Gasteiger charge is 2.00. The summed E-state index contributed by atoms with van der Waals surface area (Å²) in [6.45, 7) is 4.46. The molecule has 2 aromatic rings. The minimum atomic E-state index is 0.376. The van der Waals surface area contributed by atoms with Crippen molar-refractivity contribution in [2.45, 2.75) is 20.6 Å². The van der Waals surface area contributed by atoms with Gasteiger partial charge in [-0.3, -0.25) is 0 Å². The second kappa shape index (κ2) is 4.26. The summed E-state index contributed by atoms with van der Waals surface area (Å²) >= 11 is 0. The molecule has 4 nitrogen and oxygen atoms in total. The largest absolute Gasteiger partial charge is 0.471 e. The minimum Gasteiger partial charge on any atom is -0.471 e. The minimum absolute atomic E-state index is 0.376. The lowest BCUT2D eigenvalue weighted by atomic mass is 10.1. The van der Waals surface area contributed by atoms with Gasteiger partial charge in [-0.1, -0.05) is 17.7 Å². The quantitative estimate of drug-likeness (QED) is 0.856. The van der Waals surface area contributed by atoms with Gasteiger partial charge in [-0.25, -0.2) is 4.68 Å². The zero-order valence-corrected chi connectivity index (χ0v) is 9.47. The Morgan fingerprint density at radius 3 is 2.81 bits per heavy atom. The van der Waals surface area contributed by atoms with E-state index >= 15 is 0 Å². The average molecular weight is 217 g/mol. The molecule has 0 atom stereocenters. The summed E-state index contributed by atoms with van der Waals surface area (Å²) in [7, 11) is 0. The van der Waals surface area contributed by atoms with E-state index in [-0.39, 0.29) is 0 Å². The van der Waals surface area contributed by atoms with Crippen molar-refractivity contribution in [3.63, 3.8) is 0 Å². The van der Waals surface area contributed by atoms with Crippen LogP contribution in [0.4, 0.5) is 5.69 Å². The number of hydrogen-bond donors (Lipinski definition) is 1. The molecule has 4 heteroatoms. The van der Waals surface area contributed by atoms with E-state index in [1.54, 1.807) is 17.1 Å². The number of anilines is 1. The van der Waals surface area contributed by atoms with Crippen molar-refractivity contribution in [3.8, 4) is 5.75 Å². The lowest BCUT2D eigenvalue weighted by molar-refractivity contribution is 0.219. The summed E-state index contributed by atoms with van der Waals surface area (Å²) in [5, 5.41) is 4.04. The average Bonchev–Trinajstić information content (AvgIpc) is 2.63. The third-order valence-corrected chi connectivity index (χ3v) is 2.34. The first-order valence-corrected chi connectivity index (χ1v) is 5.13. The van der Waals surface area contributed by atoms with Crippen LogP contribution in [0.1, 0.15) is 11.1 Å². The van der Waals surface area contributed by atoms with Crippen LogP contribution in [-0.2, 0) is 6.73 Å². The highest BCUT2D eigenvalue weighted by atomic mass is 16.5. The zero-order chi connectivity index (χ0) is 11.5. The number of nitrogens with zero attached hydrogens (tertiary/aromatic N) is 2. The Labute approximate surface area is 94.6 Å². The molecule has 84 valence electrons. The summed E-state index contributed by atoms with van der Waals surface area (Å²) in [5.74, 6) is 0.875. The van der Waals surface area contributed by atoms with Gasteiger partial charge in [0.05, 0.1) is 18.1 Å². The Morgan fingerprint density at radius 2 is 2.19 bits per heavy atom. The highest BCUT2D eigenvalue weighted by Crippen LogP contribution is 2.19. The maximum atomic E-state index is 5.64. The summed E-state index contributed by atoms with van der Waals surface area (Å²) in [5.41, 5.74) is 8.56. The SMILES string of the molecule is Cc1ccc(OCn2cc(N)cn2)c(C)c1. The number of rotatable bonds is 3. The Balaban J connectivity index is 2.04. The van der Waals surface area contributed by atoms with Gasteiger partial charge in [0, 0.05) is 0 Å². The zero-order valence-electron chi connectivity index (χ0n) is 9.47. The van der Waals surface area contributed by atoms with Crippen LogP contribution in [0.5, 0.6) is 5.75 Å². The van der Waals surface area contributed by atoms with E-state index in [0.717, 1.165) is 11.3 Å². The predicted octanol–water partition coefficient (Wildman–Crippen LogP) is 2.12. The maximum absolute atomic E-state index is 5.64. The van der Waals surface area contributed by atoms with E-state index in [4.69, 9.17) is 10.5 Å². The van der Waals surface area contributed by atoms with Crippen molar-refractivity contribution in [2.24, 2.45) is 0 Å². The molecule has 0 saturated carbocycles. The molecule has 1 aromatic carbocycles. The molecule has 0 saturated heterocycles. The molecule has 0 aliphatic carbocycles. The monoisotopic (exact) mass is 217 g/mol. The Morgan fingerprint density at radius 1 is 1.38 bits per heavy atom. The molecule has 1 heterocycles. The summed E-state index contributed by atoms with van der Waals surface area (Å²) in [6, 6.07) is 6.09. The van der Waals surface area contributed by atoms with Crippen molar-refractivity contribution in [1.82, 2.24) is 9.78 Å². The van der Waals surface area contributed by atoms with Crippen molar-refractivity contribution in [1.29, 1.82) is 0 Å². The lowest BCUT2D eigenvalue weighted by Crippen LogP contribution is -2.06. The molecular formula is C12H15N3O. The molecule has 0 aliphatic rings. The van der Waals surface area contributed by atoms with Gasteiger partial charge in [0.15, 0.2) is 6.73 Å². The normalized spacial score (nSPS) is 10.4. The van der Waals surface area contributed by atoms with E-state index in [1.807, 2.05) is 19.1 Å². The van der Waals surface area contributed by atoms with Gasteiger partial charge in [0.25, 0.3) is 0 Å². The van der Waals surface area contributed by atoms with Crippen LogP contribution in [0.15, 0.2) is 30.6 Å². The van der Waals surface area contributed by atoms with E-state index < -0.39 is 0 Å². The lowest BCUT2D eigenvalue weighted by Gasteiger charge is -2.09. The topological polar surface area (TPSA) is 53.1 Å². The smallest absolute Gasteiger partial charge is 0.180 e. The number of ether oxygens (including phenoxy) is 1. The number of aryl methyl sites for hydroxylation is 2. The molecule has 1 aromatic heterocycles. The van der Waals surface area contributed by atoms with Crippen molar-refractivity contribution >= 4 is 5.69 Å². The van der Waals surface area contributed by atoms with E-state index in [1.165, 1.54) is 5.56 Å². The Hall–Kier alpha value is -1.97. The van der Waals surface area contributed by atoms with Gasteiger partial charge in [0.2, 0.25) is 0 Å². The third-order valence-electron chi connectivity index (χ3n) is 2.34. The van der Waals surface area contributed by atoms with Crippen molar-refractivity contribution in [2.75, 3.05) is 5.73 Å². The van der Waals surface area contributed by atoms with Gasteiger partial charge in [-0.15, -0.1) is 0 Å². The molecule has 0 radical (unpaired) electrons. The fourth-order valence-corrected chi connectivity index (χ4v) is 1.55. The first kappa shape index (κ1) is 10.5. The number of nitrogens with two attached hydrogens (primary N) is 1. The molecular weight excluding hydrogens is 202 g/mol. The molecule has 0 aliphatic heterocycles. The molecule has 0 spiro atoms. The molecule has 0 unspecified atom stereocenters. The first-order chi connectivity index (χ1) is 7.65. The Bertz CT molecular complexity index is 491. The second-order valence-corrected chi connectivity index (χ2v) is 3.86. The molecule has 2 N–H and O–H groups in total. The van der Waals surface area contributed by atoms with Gasteiger partial charge in [0.1, 0.15) is 5.75 Å². The number of nitrogen functional groups attached to an aromatic ring is 1. The van der Waals surface area contributed by atoms with Crippen molar-refractivity contribution in [3.05, 3.63) is 41.7 Å². The van der Waals surface area contributed by atoms with Crippen LogP contribution >= 0.6 is 0 Å². The third kappa shape index (κ3) is 2.34. The molecule has 0 amide bonds. The fraction of sp³-hybridized carbons (Fsp3) is 0.250. The highest BCUT2D eigenvalue weighted by molar-refractivity contribution is 5.35. The predicted molar refractivity (Wildman–Crippen MR) is 63.2 cm³/mol. The van der Waals surface area contributed by atoms with Gasteiger partial charge in [-0.2, -0.15) is 5.10 Å². The summed E-state index contributed by atoms with van der Waals surface area (Å²) in [4.78, 5) is 0. The first-order valence-electron chi connectivity index (χ1n) is 5.13. The standard InChI is InChI=1S/C12H15N3O/c1-9-3-4-12(10(2)5-9)16-8-15-7-11(13)6-14-15/h3-7H,8,13H2,1-2H3. The summed E-state index contributed by atoms with van der Waals surface area (Å²) in [6.07, 6.45) is 3.34. The van der Waals surface area contributed by atoms with Gasteiger partial charge < -0.3 is 10.5 Å². The van der Waals surface area contributed by atoms with Crippen LogP contribution in [-0.4, -0.2) is 9.78 Å². The second-order valence-electron chi connectivity index (χ2n) is 3.86. The van der Waals surface area contributed by atoms with Crippen LogP contribution in [0.25, 0.3) is 0 Å².